The predicted octanol–water partition coefficient (Wildman–Crippen LogP) is 4.55. The fourth-order valence-corrected chi connectivity index (χ4v) is 3.16. The fourth-order valence-electron chi connectivity index (χ4n) is 2.24. The largest absolute Gasteiger partial charge is 0.504 e. The smallest absolute Gasteiger partial charge is 0.286 e. The molecule has 0 saturated carbocycles. The number of nitrogens with zero attached hydrogens (tertiary/aromatic N) is 2. The second-order valence-corrected chi connectivity index (χ2v) is 7.04. The van der Waals surface area contributed by atoms with E-state index in [1.54, 1.807) is 18.2 Å². The Morgan fingerprint density at radius 2 is 1.89 bits per heavy atom. The van der Waals surface area contributed by atoms with Gasteiger partial charge in [0.05, 0.1) is 12.1 Å². The maximum absolute atomic E-state index is 12.3. The summed E-state index contributed by atoms with van der Waals surface area (Å²) >= 11 is 7.37. The van der Waals surface area contributed by atoms with Crippen LogP contribution < -0.4 is 10.1 Å². The topological polar surface area (TPSA) is 84.3 Å². The van der Waals surface area contributed by atoms with Gasteiger partial charge in [0.2, 0.25) is 5.01 Å². The number of phenolic OH excluding ortho intramolecular Hbond substituents is 1. The van der Waals surface area contributed by atoms with Crippen molar-refractivity contribution in [2.75, 3.05) is 12.4 Å². The summed E-state index contributed by atoms with van der Waals surface area (Å²) in [5.74, 6) is 0.0227. The van der Waals surface area contributed by atoms with E-state index in [0.29, 0.717) is 27.0 Å². The first-order valence-electron chi connectivity index (χ1n) is 7.92. The lowest BCUT2D eigenvalue weighted by Crippen LogP contribution is -2.11. The van der Waals surface area contributed by atoms with Gasteiger partial charge in [-0.1, -0.05) is 46.7 Å². The number of aryl methyl sites for hydroxylation is 1. The Kier molecular flexibility index (Phi) is 5.73. The highest BCUT2D eigenvalue weighted by Crippen LogP contribution is 2.30. The molecule has 0 saturated heterocycles. The van der Waals surface area contributed by atoms with E-state index in [2.05, 4.69) is 15.5 Å². The van der Waals surface area contributed by atoms with Gasteiger partial charge in [-0.3, -0.25) is 4.79 Å². The van der Waals surface area contributed by atoms with Crippen LogP contribution in [0.5, 0.6) is 11.5 Å². The Balaban J connectivity index is 1.75. The predicted molar refractivity (Wildman–Crippen MR) is 107 cm³/mol. The van der Waals surface area contributed by atoms with Gasteiger partial charge in [0.1, 0.15) is 0 Å². The van der Waals surface area contributed by atoms with Gasteiger partial charge in [-0.05, 0) is 42.8 Å². The summed E-state index contributed by atoms with van der Waals surface area (Å²) in [4.78, 5) is 12.3. The standard InChI is InChI=1S/C19H16ClN3O3S/c1-11-3-6-13(7-4-11)21-17(25)19-23-22-18(27-19)14(20)9-12-5-8-16(26-2)15(24)10-12/h3-10,24H,1-2H3,(H,21,25)/b14-9-. The summed E-state index contributed by atoms with van der Waals surface area (Å²) in [6.07, 6.45) is 1.63. The number of benzene rings is 2. The number of hydrogen-bond acceptors (Lipinski definition) is 6. The number of nitrogens with one attached hydrogen (secondary N) is 1. The molecule has 0 radical (unpaired) electrons. The number of ether oxygens (including phenoxy) is 1. The Bertz CT molecular complexity index is 1000. The zero-order valence-corrected chi connectivity index (χ0v) is 16.1. The van der Waals surface area contributed by atoms with E-state index >= 15 is 0 Å². The summed E-state index contributed by atoms with van der Waals surface area (Å²) in [5, 5.41) is 21.4. The van der Waals surface area contributed by atoms with E-state index in [-0.39, 0.29) is 16.7 Å². The van der Waals surface area contributed by atoms with Crippen molar-refractivity contribution in [1.29, 1.82) is 0 Å². The van der Waals surface area contributed by atoms with Crippen LogP contribution >= 0.6 is 22.9 Å². The second-order valence-electron chi connectivity index (χ2n) is 5.66. The molecule has 2 aromatic carbocycles. The first-order valence-corrected chi connectivity index (χ1v) is 9.12. The quantitative estimate of drug-likeness (QED) is 0.655. The van der Waals surface area contributed by atoms with Crippen LogP contribution in [-0.4, -0.2) is 28.3 Å². The average molecular weight is 402 g/mol. The van der Waals surface area contributed by atoms with Gasteiger partial charge in [0.25, 0.3) is 5.91 Å². The van der Waals surface area contributed by atoms with Gasteiger partial charge < -0.3 is 15.2 Å². The zero-order chi connectivity index (χ0) is 19.4. The molecule has 1 amide bonds. The van der Waals surface area contributed by atoms with Gasteiger partial charge in [0.15, 0.2) is 16.5 Å². The molecule has 0 bridgehead atoms. The van der Waals surface area contributed by atoms with Gasteiger partial charge in [-0.25, -0.2) is 0 Å². The molecule has 1 heterocycles. The Hall–Kier alpha value is -2.90. The van der Waals surface area contributed by atoms with E-state index in [1.165, 1.54) is 13.2 Å². The van der Waals surface area contributed by atoms with Crippen LogP contribution in [0, 0.1) is 6.92 Å². The Labute approximate surface area is 165 Å². The van der Waals surface area contributed by atoms with Gasteiger partial charge in [0, 0.05) is 5.69 Å². The molecule has 8 heteroatoms. The molecular weight excluding hydrogens is 386 g/mol. The van der Waals surface area contributed by atoms with E-state index in [9.17, 15) is 9.90 Å². The minimum atomic E-state index is -0.353. The monoisotopic (exact) mass is 401 g/mol. The molecule has 0 atom stereocenters. The van der Waals surface area contributed by atoms with Crippen molar-refractivity contribution in [3.8, 4) is 11.5 Å². The highest BCUT2D eigenvalue weighted by atomic mass is 35.5. The molecule has 6 nitrogen and oxygen atoms in total. The van der Waals surface area contributed by atoms with Gasteiger partial charge >= 0.3 is 0 Å². The maximum Gasteiger partial charge on any atom is 0.286 e. The van der Waals surface area contributed by atoms with Crippen LogP contribution in [-0.2, 0) is 0 Å². The summed E-state index contributed by atoms with van der Waals surface area (Å²) in [6.45, 7) is 1.97. The summed E-state index contributed by atoms with van der Waals surface area (Å²) in [7, 11) is 1.47. The molecule has 0 unspecified atom stereocenters. The minimum absolute atomic E-state index is 0.00569. The lowest BCUT2D eigenvalue weighted by Gasteiger charge is -2.03. The average Bonchev–Trinajstić information content (AvgIpc) is 3.14. The highest BCUT2D eigenvalue weighted by Gasteiger charge is 2.15. The van der Waals surface area contributed by atoms with Crippen LogP contribution in [0.4, 0.5) is 5.69 Å². The number of methoxy groups -OCH3 is 1. The molecule has 138 valence electrons. The van der Waals surface area contributed by atoms with Crippen molar-refractivity contribution in [2.24, 2.45) is 0 Å². The maximum atomic E-state index is 12.3. The molecule has 2 N–H and O–H groups in total. The van der Waals surface area contributed by atoms with E-state index in [0.717, 1.165) is 16.9 Å². The molecule has 0 aliphatic rings. The number of amides is 1. The van der Waals surface area contributed by atoms with E-state index < -0.39 is 0 Å². The lowest BCUT2D eigenvalue weighted by atomic mass is 10.2. The molecule has 3 rings (SSSR count). The molecule has 27 heavy (non-hydrogen) atoms. The molecular formula is C19H16ClN3O3S. The summed E-state index contributed by atoms with van der Waals surface area (Å²) in [5.41, 5.74) is 2.45. The van der Waals surface area contributed by atoms with Crippen molar-refractivity contribution >= 4 is 45.6 Å². The number of halogens is 1. The van der Waals surface area contributed by atoms with Crippen LogP contribution in [0.15, 0.2) is 42.5 Å². The van der Waals surface area contributed by atoms with E-state index in [4.69, 9.17) is 16.3 Å². The first kappa shape index (κ1) is 18.9. The Morgan fingerprint density at radius 3 is 2.56 bits per heavy atom. The third-order valence-electron chi connectivity index (χ3n) is 3.63. The van der Waals surface area contributed by atoms with Crippen molar-refractivity contribution in [3.05, 3.63) is 63.6 Å². The number of hydrogen-bond donors (Lipinski definition) is 2. The molecule has 0 aliphatic carbocycles. The lowest BCUT2D eigenvalue weighted by molar-refractivity contribution is 0.102. The van der Waals surface area contributed by atoms with Gasteiger partial charge in [-0.2, -0.15) is 0 Å². The molecule has 1 aromatic heterocycles. The van der Waals surface area contributed by atoms with Gasteiger partial charge in [-0.15, -0.1) is 10.2 Å². The van der Waals surface area contributed by atoms with Crippen molar-refractivity contribution in [2.45, 2.75) is 6.92 Å². The van der Waals surface area contributed by atoms with Crippen LogP contribution in [0.1, 0.15) is 25.9 Å². The Morgan fingerprint density at radius 1 is 1.19 bits per heavy atom. The first-order chi connectivity index (χ1) is 13.0. The number of aromatic nitrogens is 2. The number of aromatic hydroxyl groups is 1. The number of phenols is 1. The number of carbonyl (C=O) groups excluding carboxylic acids is 1. The third-order valence-corrected chi connectivity index (χ3v) is 4.98. The van der Waals surface area contributed by atoms with Crippen LogP contribution in [0.2, 0.25) is 0 Å². The number of carbonyl (C=O) groups is 1. The van der Waals surface area contributed by atoms with Crippen LogP contribution in [0.3, 0.4) is 0 Å². The minimum Gasteiger partial charge on any atom is -0.504 e. The number of rotatable bonds is 5. The third kappa shape index (κ3) is 4.64. The molecule has 0 aliphatic heterocycles. The summed E-state index contributed by atoms with van der Waals surface area (Å²) in [6, 6.07) is 12.3. The zero-order valence-electron chi connectivity index (χ0n) is 14.6. The SMILES string of the molecule is COc1ccc(/C=C(\Cl)c2nnc(C(=O)Nc3ccc(C)cc3)s2)cc1O. The fraction of sp³-hybridized carbons (Fsp3) is 0.105. The van der Waals surface area contributed by atoms with Crippen molar-refractivity contribution in [1.82, 2.24) is 10.2 Å². The number of anilines is 1. The molecule has 0 fully saturated rings. The van der Waals surface area contributed by atoms with Crippen LogP contribution in [0.25, 0.3) is 11.1 Å². The highest BCUT2D eigenvalue weighted by molar-refractivity contribution is 7.15. The van der Waals surface area contributed by atoms with Crippen molar-refractivity contribution in [3.63, 3.8) is 0 Å². The molecule has 3 aromatic rings. The molecule has 0 spiro atoms. The normalized spacial score (nSPS) is 11.3. The van der Waals surface area contributed by atoms with Crippen molar-refractivity contribution < 1.29 is 14.6 Å². The summed E-state index contributed by atoms with van der Waals surface area (Å²) < 4.78 is 5.01. The van der Waals surface area contributed by atoms with E-state index in [1.807, 2.05) is 31.2 Å². The second kappa shape index (κ2) is 8.20.